The van der Waals surface area contributed by atoms with E-state index in [2.05, 4.69) is 64.0 Å². The number of nitrogens with zero attached hydrogens (tertiary/aromatic N) is 2. The van der Waals surface area contributed by atoms with Crippen molar-refractivity contribution in [3.05, 3.63) is 78.0 Å². The maximum Gasteiger partial charge on any atom is 0.503 e. The van der Waals surface area contributed by atoms with Gasteiger partial charge in [0.2, 0.25) is 5.88 Å². The van der Waals surface area contributed by atoms with Crippen molar-refractivity contribution in [1.29, 1.82) is 0 Å². The monoisotopic (exact) mass is 499 g/mol. The van der Waals surface area contributed by atoms with Crippen molar-refractivity contribution >= 4 is 17.7 Å². The first-order valence-corrected chi connectivity index (χ1v) is 12.4. The smallest absolute Gasteiger partial charge is 0.477 e. The van der Waals surface area contributed by atoms with Crippen molar-refractivity contribution in [3.8, 4) is 28.3 Å². The van der Waals surface area contributed by atoms with Gasteiger partial charge in [-0.25, -0.2) is 4.79 Å². The van der Waals surface area contributed by atoms with E-state index in [1.165, 1.54) is 42.4 Å². The zero-order valence-corrected chi connectivity index (χ0v) is 20.6. The third kappa shape index (κ3) is 6.46. The molecule has 2 heterocycles. The summed E-state index contributed by atoms with van der Waals surface area (Å²) in [5.41, 5.74) is 6.45. The molecule has 2 aromatic carbocycles. The van der Waals surface area contributed by atoms with E-state index in [0.29, 0.717) is 23.4 Å². The Morgan fingerprint density at radius 2 is 1.57 bits per heavy atom. The van der Waals surface area contributed by atoms with Gasteiger partial charge in [-0.3, -0.25) is 0 Å². The summed E-state index contributed by atoms with van der Waals surface area (Å²) in [5.74, 6) is 3.52. The second-order valence-electron chi connectivity index (χ2n) is 9.47. The molecule has 8 heteroatoms. The van der Waals surface area contributed by atoms with Crippen LogP contribution in [0.5, 0.6) is 5.88 Å². The summed E-state index contributed by atoms with van der Waals surface area (Å²) < 4.78 is 11.5. The first-order chi connectivity index (χ1) is 18.0. The van der Waals surface area contributed by atoms with Crippen molar-refractivity contribution in [3.63, 3.8) is 0 Å². The van der Waals surface area contributed by atoms with E-state index in [4.69, 9.17) is 24.3 Å². The molecule has 0 spiro atoms. The van der Waals surface area contributed by atoms with Gasteiger partial charge in [-0.05, 0) is 67.2 Å². The minimum absolute atomic E-state index is 0.639. The van der Waals surface area contributed by atoms with Gasteiger partial charge >= 0.3 is 6.16 Å². The summed E-state index contributed by atoms with van der Waals surface area (Å²) in [7, 11) is 0. The summed E-state index contributed by atoms with van der Waals surface area (Å²) in [6.45, 7) is 2.67. The van der Waals surface area contributed by atoms with Gasteiger partial charge in [-0.2, -0.15) is 4.98 Å². The van der Waals surface area contributed by atoms with Crippen LogP contribution in [-0.4, -0.2) is 33.1 Å². The lowest BCUT2D eigenvalue weighted by Crippen LogP contribution is -2.02. The number of ether oxygens (including phenoxy) is 1. The van der Waals surface area contributed by atoms with Crippen LogP contribution in [-0.2, 0) is 0 Å². The van der Waals surface area contributed by atoms with Crippen LogP contribution in [0.4, 0.5) is 16.3 Å². The highest BCUT2D eigenvalue weighted by Crippen LogP contribution is 2.40. The second kappa shape index (κ2) is 10.7. The Morgan fingerprint density at radius 3 is 2.19 bits per heavy atom. The molecule has 2 fully saturated rings. The van der Waals surface area contributed by atoms with E-state index in [9.17, 15) is 0 Å². The van der Waals surface area contributed by atoms with Crippen molar-refractivity contribution in [1.82, 2.24) is 10.1 Å². The third-order valence-corrected chi connectivity index (χ3v) is 6.44. The molecule has 190 valence electrons. The van der Waals surface area contributed by atoms with Gasteiger partial charge in [-0.1, -0.05) is 59.8 Å². The molecule has 0 radical (unpaired) electrons. The van der Waals surface area contributed by atoms with Gasteiger partial charge in [0.1, 0.15) is 17.2 Å². The molecule has 0 saturated heterocycles. The largest absolute Gasteiger partial charge is 0.503 e. The number of aryl methyl sites for hydroxylation is 1. The zero-order chi connectivity index (χ0) is 25.8. The van der Waals surface area contributed by atoms with Gasteiger partial charge in [-0.15, -0.1) is 0 Å². The summed E-state index contributed by atoms with van der Waals surface area (Å²) in [6.07, 6.45) is 3.33. The summed E-state index contributed by atoms with van der Waals surface area (Å²) >= 11 is 0. The molecule has 6 rings (SSSR count). The minimum Gasteiger partial charge on any atom is -0.477 e. The fourth-order valence-corrected chi connectivity index (χ4v) is 4.07. The molecule has 0 atom stereocenters. The minimum atomic E-state index is -1.83. The first-order valence-electron chi connectivity index (χ1n) is 12.4. The molecule has 2 aliphatic rings. The topological polar surface area (TPSA) is 118 Å². The molecular formula is C29H29N3O5. The third-order valence-electron chi connectivity index (χ3n) is 6.44. The number of rotatable bonds is 8. The van der Waals surface area contributed by atoms with E-state index < -0.39 is 6.16 Å². The van der Waals surface area contributed by atoms with Crippen molar-refractivity contribution in [2.75, 3.05) is 11.9 Å². The second-order valence-corrected chi connectivity index (χ2v) is 9.47. The van der Waals surface area contributed by atoms with Crippen molar-refractivity contribution in [2.24, 2.45) is 5.92 Å². The lowest BCUT2D eigenvalue weighted by Gasteiger charge is -2.09. The summed E-state index contributed by atoms with van der Waals surface area (Å²) in [4.78, 5) is 13.2. The number of aromatic nitrogens is 2. The summed E-state index contributed by atoms with van der Waals surface area (Å²) in [6, 6.07) is 23.2. The normalized spacial score (nSPS) is 14.4. The molecule has 2 aliphatic carbocycles. The van der Waals surface area contributed by atoms with E-state index in [-0.39, 0.29) is 0 Å². The molecule has 0 bridgehead atoms. The molecule has 3 N–H and O–H groups in total. The van der Waals surface area contributed by atoms with Crippen LogP contribution in [0.2, 0.25) is 0 Å². The van der Waals surface area contributed by atoms with Crippen LogP contribution in [0, 0.1) is 12.8 Å². The van der Waals surface area contributed by atoms with Crippen LogP contribution >= 0.6 is 0 Å². The Bertz CT molecular complexity index is 1350. The predicted molar refractivity (Wildman–Crippen MR) is 140 cm³/mol. The molecule has 2 aromatic heterocycles. The van der Waals surface area contributed by atoms with E-state index in [0.717, 1.165) is 29.5 Å². The predicted octanol–water partition coefficient (Wildman–Crippen LogP) is 7.34. The van der Waals surface area contributed by atoms with Crippen LogP contribution in [0.3, 0.4) is 0 Å². The summed E-state index contributed by atoms with van der Waals surface area (Å²) in [5, 5.41) is 21.5. The van der Waals surface area contributed by atoms with Crippen LogP contribution in [0.1, 0.15) is 42.9 Å². The SMILES string of the molecule is Cc1noc(-c2ccc(-c3ccc(C4CC4)cc3)cc2)c1Nc1cccc(OCC2CC2)n1.O=C(O)O. The Labute approximate surface area is 214 Å². The molecule has 37 heavy (non-hydrogen) atoms. The van der Waals surface area contributed by atoms with Gasteiger partial charge in [0, 0.05) is 11.6 Å². The molecule has 0 unspecified atom stereocenters. The number of carboxylic acid groups (broad SMARTS) is 2. The van der Waals surface area contributed by atoms with Gasteiger partial charge in [0.15, 0.2) is 5.76 Å². The average Bonchev–Trinajstić information content (AvgIpc) is 3.83. The first kappa shape index (κ1) is 24.4. The van der Waals surface area contributed by atoms with E-state index in [1.54, 1.807) is 0 Å². The highest BCUT2D eigenvalue weighted by Gasteiger charge is 2.23. The number of carbonyl (C=O) groups is 1. The number of pyridine rings is 1. The van der Waals surface area contributed by atoms with Crippen molar-refractivity contribution in [2.45, 2.75) is 38.5 Å². The molecule has 0 amide bonds. The Morgan fingerprint density at radius 1 is 0.946 bits per heavy atom. The molecule has 2 saturated carbocycles. The Balaban J connectivity index is 0.000000655. The molecule has 4 aromatic rings. The molecular weight excluding hydrogens is 470 g/mol. The van der Waals surface area contributed by atoms with Gasteiger partial charge in [0.05, 0.1) is 6.61 Å². The fraction of sp³-hybridized carbons (Fsp3) is 0.276. The lowest BCUT2D eigenvalue weighted by atomic mass is 10.0. The standard InChI is InChI=1S/C28H27N3O2.CH2O3/c1-18-27(30-25-3-2-4-26(29-25)32-17-19-5-6-19)28(33-31-18)24-15-13-23(14-16-24)22-11-9-21(10-12-22)20-7-8-20;2-1(3)4/h2-4,9-16,19-20H,5-8,17H2,1H3,(H,29,30);(H2,2,3,4). The quantitative estimate of drug-likeness (QED) is 0.230. The van der Waals surface area contributed by atoms with Gasteiger partial charge < -0.3 is 24.8 Å². The number of benzene rings is 2. The number of hydrogen-bond acceptors (Lipinski definition) is 6. The number of nitrogens with one attached hydrogen (secondary N) is 1. The zero-order valence-electron chi connectivity index (χ0n) is 20.6. The Kier molecular flexibility index (Phi) is 7.07. The highest BCUT2D eigenvalue weighted by molar-refractivity contribution is 5.79. The maximum atomic E-state index is 8.56. The number of hydrogen-bond donors (Lipinski definition) is 3. The van der Waals surface area contributed by atoms with Gasteiger partial charge in [0.25, 0.3) is 0 Å². The lowest BCUT2D eigenvalue weighted by molar-refractivity contribution is 0.137. The van der Waals surface area contributed by atoms with E-state index >= 15 is 0 Å². The molecule has 8 nitrogen and oxygen atoms in total. The average molecular weight is 500 g/mol. The van der Waals surface area contributed by atoms with E-state index in [1.807, 2.05) is 25.1 Å². The van der Waals surface area contributed by atoms with Crippen LogP contribution < -0.4 is 10.1 Å². The maximum absolute atomic E-state index is 8.56. The number of anilines is 2. The van der Waals surface area contributed by atoms with Crippen molar-refractivity contribution < 1.29 is 24.3 Å². The van der Waals surface area contributed by atoms with Crippen LogP contribution in [0.25, 0.3) is 22.5 Å². The van der Waals surface area contributed by atoms with Crippen LogP contribution in [0.15, 0.2) is 71.3 Å². The molecule has 0 aliphatic heterocycles. The highest BCUT2D eigenvalue weighted by atomic mass is 16.6. The Hall–Kier alpha value is -4.33. The fourth-order valence-electron chi connectivity index (χ4n) is 4.07.